The summed E-state index contributed by atoms with van der Waals surface area (Å²) in [6.07, 6.45) is 6.46. The quantitative estimate of drug-likeness (QED) is 0.914. The van der Waals surface area contributed by atoms with Crippen molar-refractivity contribution < 1.29 is 0 Å². The van der Waals surface area contributed by atoms with E-state index in [1.165, 1.54) is 37.9 Å². The molecule has 0 aromatic heterocycles. The average molecular weight is 276 g/mol. The maximum absolute atomic E-state index is 3.67. The van der Waals surface area contributed by atoms with Crippen LogP contribution in [0.2, 0.25) is 0 Å². The first-order valence-corrected chi connectivity index (χ1v) is 8.71. The van der Waals surface area contributed by atoms with Gasteiger partial charge in [-0.3, -0.25) is 4.90 Å². The third-order valence-electron chi connectivity index (χ3n) is 4.62. The van der Waals surface area contributed by atoms with Crippen LogP contribution in [0.25, 0.3) is 0 Å². The van der Waals surface area contributed by atoms with Crippen molar-refractivity contribution in [2.75, 3.05) is 25.9 Å². The van der Waals surface area contributed by atoms with E-state index in [1.54, 1.807) is 0 Å². The molecule has 0 radical (unpaired) electrons. The fourth-order valence-electron chi connectivity index (χ4n) is 3.48. The first-order chi connectivity index (χ1) is 9.36. The molecule has 3 unspecified atom stereocenters. The van der Waals surface area contributed by atoms with Crippen LogP contribution in [0, 0.1) is 0 Å². The maximum atomic E-state index is 3.67. The molecule has 2 aliphatic rings. The number of nitrogens with one attached hydrogen (secondary N) is 1. The second-order valence-corrected chi connectivity index (χ2v) is 6.87. The second kappa shape index (κ2) is 6.29. The van der Waals surface area contributed by atoms with E-state index in [9.17, 15) is 0 Å². The number of rotatable bonds is 3. The van der Waals surface area contributed by atoms with Crippen molar-refractivity contribution in [3.8, 4) is 0 Å². The Labute approximate surface area is 121 Å². The molecule has 1 N–H and O–H groups in total. The Kier molecular flexibility index (Phi) is 4.46. The van der Waals surface area contributed by atoms with Gasteiger partial charge in [0.2, 0.25) is 0 Å². The molecule has 2 nitrogen and oxygen atoms in total. The summed E-state index contributed by atoms with van der Waals surface area (Å²) in [6.45, 7) is 3.52. The molecular weight excluding hydrogens is 252 g/mol. The van der Waals surface area contributed by atoms with Gasteiger partial charge in [-0.2, -0.15) is 11.8 Å². The molecule has 1 saturated heterocycles. The van der Waals surface area contributed by atoms with E-state index in [2.05, 4.69) is 58.6 Å². The molecule has 1 saturated carbocycles. The molecule has 1 heterocycles. The van der Waals surface area contributed by atoms with Gasteiger partial charge >= 0.3 is 0 Å². The fourth-order valence-corrected chi connectivity index (χ4v) is 4.26. The van der Waals surface area contributed by atoms with Gasteiger partial charge in [-0.15, -0.1) is 0 Å². The Bertz CT molecular complexity index is 395. The second-order valence-electron chi connectivity index (χ2n) is 5.74. The zero-order valence-corrected chi connectivity index (χ0v) is 12.5. The Hall–Kier alpha value is -0.510. The minimum absolute atomic E-state index is 0.517. The summed E-state index contributed by atoms with van der Waals surface area (Å²) in [5, 5.41) is 4.57. The fraction of sp³-hybridized carbons (Fsp3) is 0.625. The monoisotopic (exact) mass is 276 g/mol. The summed E-state index contributed by atoms with van der Waals surface area (Å²) in [7, 11) is 0. The molecule has 1 aromatic rings. The van der Waals surface area contributed by atoms with Gasteiger partial charge in [-0.05, 0) is 31.1 Å². The molecule has 1 aliphatic carbocycles. The van der Waals surface area contributed by atoms with Gasteiger partial charge < -0.3 is 5.32 Å². The highest BCUT2D eigenvalue weighted by atomic mass is 32.2. The lowest BCUT2D eigenvalue weighted by Crippen LogP contribution is -2.49. The largest absolute Gasteiger partial charge is 0.308 e. The molecule has 2 fully saturated rings. The number of nitrogens with zero attached hydrogens (tertiary/aromatic N) is 1. The Balaban J connectivity index is 1.62. The minimum Gasteiger partial charge on any atom is -0.308 e. The number of benzene rings is 1. The molecule has 1 aliphatic heterocycles. The van der Waals surface area contributed by atoms with Crippen molar-refractivity contribution in [3.05, 3.63) is 35.9 Å². The predicted molar refractivity (Wildman–Crippen MR) is 83.7 cm³/mol. The summed E-state index contributed by atoms with van der Waals surface area (Å²) in [6, 6.07) is 12.2. The zero-order chi connectivity index (χ0) is 13.1. The van der Waals surface area contributed by atoms with Gasteiger partial charge in [0.05, 0.1) is 0 Å². The molecule has 0 amide bonds. The molecule has 19 heavy (non-hydrogen) atoms. The van der Waals surface area contributed by atoms with E-state index in [-0.39, 0.29) is 0 Å². The molecule has 104 valence electrons. The average Bonchev–Trinajstić information content (AvgIpc) is 2.97. The maximum Gasteiger partial charge on any atom is 0.0449 e. The lowest BCUT2D eigenvalue weighted by Gasteiger charge is -2.37. The third-order valence-corrected chi connectivity index (χ3v) is 5.71. The van der Waals surface area contributed by atoms with Gasteiger partial charge in [0.25, 0.3) is 0 Å². The van der Waals surface area contributed by atoms with Gasteiger partial charge in [-0.25, -0.2) is 0 Å². The van der Waals surface area contributed by atoms with E-state index in [4.69, 9.17) is 0 Å². The first kappa shape index (κ1) is 13.5. The van der Waals surface area contributed by atoms with E-state index >= 15 is 0 Å². The molecule has 0 bridgehead atoms. The van der Waals surface area contributed by atoms with Crippen LogP contribution in [-0.4, -0.2) is 42.1 Å². The standard InChI is InChI=1S/C16H24N2S/c1-19-15-8-7-14(11-15)18-10-9-17-16(12-18)13-5-3-2-4-6-13/h2-6,14-17H,7-12H2,1H3. The van der Waals surface area contributed by atoms with E-state index < -0.39 is 0 Å². The van der Waals surface area contributed by atoms with Gasteiger partial charge in [0, 0.05) is 37.0 Å². The summed E-state index contributed by atoms with van der Waals surface area (Å²) in [5.74, 6) is 0. The van der Waals surface area contributed by atoms with Gasteiger partial charge in [-0.1, -0.05) is 30.3 Å². The van der Waals surface area contributed by atoms with E-state index in [1.807, 2.05) is 0 Å². The van der Waals surface area contributed by atoms with E-state index in [0.717, 1.165) is 17.8 Å². The van der Waals surface area contributed by atoms with Crippen LogP contribution in [0.3, 0.4) is 0 Å². The summed E-state index contributed by atoms with van der Waals surface area (Å²) in [4.78, 5) is 2.73. The molecule has 3 atom stereocenters. The SMILES string of the molecule is CSC1CCC(N2CCNC(c3ccccc3)C2)C1. The van der Waals surface area contributed by atoms with Crippen molar-refractivity contribution in [2.45, 2.75) is 36.6 Å². The van der Waals surface area contributed by atoms with Crippen LogP contribution in [0.1, 0.15) is 30.9 Å². The smallest absolute Gasteiger partial charge is 0.0449 e. The van der Waals surface area contributed by atoms with Crippen LogP contribution >= 0.6 is 11.8 Å². The molecular formula is C16H24N2S. The highest BCUT2D eigenvalue weighted by Gasteiger charge is 2.31. The Morgan fingerprint density at radius 1 is 1.21 bits per heavy atom. The highest BCUT2D eigenvalue weighted by Crippen LogP contribution is 2.32. The van der Waals surface area contributed by atoms with Crippen LogP contribution in [0.5, 0.6) is 0 Å². The summed E-state index contributed by atoms with van der Waals surface area (Å²) < 4.78 is 0. The number of thioether (sulfide) groups is 1. The van der Waals surface area contributed by atoms with E-state index in [0.29, 0.717) is 6.04 Å². The highest BCUT2D eigenvalue weighted by molar-refractivity contribution is 7.99. The molecule has 0 spiro atoms. The number of hydrogen-bond donors (Lipinski definition) is 1. The number of piperazine rings is 1. The van der Waals surface area contributed by atoms with Crippen molar-refractivity contribution in [3.63, 3.8) is 0 Å². The van der Waals surface area contributed by atoms with Crippen LogP contribution < -0.4 is 5.32 Å². The third kappa shape index (κ3) is 3.15. The van der Waals surface area contributed by atoms with Crippen molar-refractivity contribution in [1.29, 1.82) is 0 Å². The predicted octanol–water partition coefficient (Wildman–Crippen LogP) is 2.92. The summed E-state index contributed by atoms with van der Waals surface area (Å²) >= 11 is 2.06. The minimum atomic E-state index is 0.517. The van der Waals surface area contributed by atoms with Crippen LogP contribution in [0.4, 0.5) is 0 Å². The van der Waals surface area contributed by atoms with Crippen molar-refractivity contribution in [1.82, 2.24) is 10.2 Å². The normalized spacial score (nSPS) is 32.6. The first-order valence-electron chi connectivity index (χ1n) is 7.42. The lowest BCUT2D eigenvalue weighted by molar-refractivity contribution is 0.146. The molecule has 3 rings (SSSR count). The zero-order valence-electron chi connectivity index (χ0n) is 11.7. The van der Waals surface area contributed by atoms with Gasteiger partial charge in [0.1, 0.15) is 0 Å². The lowest BCUT2D eigenvalue weighted by atomic mass is 10.0. The number of hydrogen-bond acceptors (Lipinski definition) is 3. The molecule has 1 aromatic carbocycles. The van der Waals surface area contributed by atoms with Crippen LogP contribution in [0.15, 0.2) is 30.3 Å². The summed E-state index contributed by atoms with van der Waals surface area (Å²) in [5.41, 5.74) is 1.44. The van der Waals surface area contributed by atoms with Crippen molar-refractivity contribution >= 4 is 11.8 Å². The van der Waals surface area contributed by atoms with Gasteiger partial charge in [0.15, 0.2) is 0 Å². The van der Waals surface area contributed by atoms with Crippen LogP contribution in [-0.2, 0) is 0 Å². The Morgan fingerprint density at radius 3 is 2.79 bits per heavy atom. The molecule has 3 heteroatoms. The van der Waals surface area contributed by atoms with Crippen molar-refractivity contribution in [2.24, 2.45) is 0 Å². The topological polar surface area (TPSA) is 15.3 Å². The Morgan fingerprint density at radius 2 is 2.05 bits per heavy atom.